The molecule has 3 aromatic heterocycles. The Bertz CT molecular complexity index is 912. The number of halogens is 1. The van der Waals surface area contributed by atoms with Gasteiger partial charge in [0.15, 0.2) is 17.3 Å². The second-order valence-electron chi connectivity index (χ2n) is 5.35. The Kier molecular flexibility index (Phi) is 3.30. The number of aromatic amines is 1. The number of pyridine rings is 2. The summed E-state index contributed by atoms with van der Waals surface area (Å²) in [5, 5.41) is 3.22. The standard InChI is InChI=1S/C15H15FN6O/c16-10-3-4-12(19-14(10)21-8-6-17-7-9-21)22-11-2-1-5-18-13(11)20-15(22)23/h1-5,17H,6-9H2,(H,18,20,23). The van der Waals surface area contributed by atoms with Crippen LogP contribution in [0.25, 0.3) is 17.0 Å². The van der Waals surface area contributed by atoms with Gasteiger partial charge in [0.05, 0.1) is 5.52 Å². The number of fused-ring (bicyclic) bond motifs is 1. The smallest absolute Gasteiger partial charge is 0.333 e. The Morgan fingerprint density at radius 3 is 2.83 bits per heavy atom. The number of hydrogen-bond donors (Lipinski definition) is 2. The maximum absolute atomic E-state index is 14.2. The fraction of sp³-hybridized carbons (Fsp3) is 0.267. The van der Waals surface area contributed by atoms with Crippen molar-refractivity contribution in [1.82, 2.24) is 24.8 Å². The predicted octanol–water partition coefficient (Wildman–Crippen LogP) is 0.657. The van der Waals surface area contributed by atoms with Gasteiger partial charge in [0.1, 0.15) is 5.82 Å². The molecule has 0 amide bonds. The Labute approximate surface area is 130 Å². The van der Waals surface area contributed by atoms with E-state index in [2.05, 4.69) is 20.3 Å². The molecule has 1 aliphatic heterocycles. The van der Waals surface area contributed by atoms with Crippen LogP contribution in [0.1, 0.15) is 0 Å². The predicted molar refractivity (Wildman–Crippen MR) is 84.5 cm³/mol. The highest BCUT2D eigenvalue weighted by Crippen LogP contribution is 2.20. The number of nitrogens with zero attached hydrogens (tertiary/aromatic N) is 4. The van der Waals surface area contributed by atoms with Crippen LogP contribution in [0.5, 0.6) is 0 Å². The lowest BCUT2D eigenvalue weighted by Gasteiger charge is -2.28. The van der Waals surface area contributed by atoms with E-state index in [1.807, 2.05) is 4.90 Å². The Hall–Kier alpha value is -2.74. The molecule has 0 aliphatic carbocycles. The highest BCUT2D eigenvalue weighted by Gasteiger charge is 2.18. The van der Waals surface area contributed by atoms with Crippen molar-refractivity contribution in [1.29, 1.82) is 0 Å². The third-order valence-corrected chi connectivity index (χ3v) is 3.91. The second-order valence-corrected chi connectivity index (χ2v) is 5.35. The van der Waals surface area contributed by atoms with Crippen molar-refractivity contribution in [2.24, 2.45) is 0 Å². The van der Waals surface area contributed by atoms with Crippen LogP contribution in [0, 0.1) is 5.82 Å². The van der Waals surface area contributed by atoms with E-state index >= 15 is 0 Å². The fourth-order valence-electron chi connectivity index (χ4n) is 2.81. The lowest BCUT2D eigenvalue weighted by Crippen LogP contribution is -2.44. The lowest BCUT2D eigenvalue weighted by atomic mass is 10.3. The lowest BCUT2D eigenvalue weighted by molar-refractivity contribution is 0.558. The quantitative estimate of drug-likeness (QED) is 0.726. The van der Waals surface area contributed by atoms with Crippen molar-refractivity contribution < 1.29 is 4.39 Å². The number of anilines is 1. The van der Waals surface area contributed by atoms with E-state index in [1.54, 1.807) is 18.3 Å². The van der Waals surface area contributed by atoms with Crippen molar-refractivity contribution in [3.63, 3.8) is 0 Å². The molecule has 0 aromatic carbocycles. The SMILES string of the molecule is O=c1[nH]c2ncccc2n1-c1ccc(F)c(N2CCNCC2)n1. The minimum atomic E-state index is -0.387. The van der Waals surface area contributed by atoms with Crippen molar-refractivity contribution >= 4 is 17.0 Å². The maximum atomic E-state index is 14.2. The van der Waals surface area contributed by atoms with E-state index < -0.39 is 0 Å². The molecular formula is C15H15FN6O. The molecule has 1 aliphatic rings. The highest BCUT2D eigenvalue weighted by molar-refractivity contribution is 5.72. The summed E-state index contributed by atoms with van der Waals surface area (Å²) in [6.07, 6.45) is 1.60. The Morgan fingerprint density at radius 2 is 2.00 bits per heavy atom. The molecule has 0 radical (unpaired) electrons. The molecule has 0 bridgehead atoms. The van der Waals surface area contributed by atoms with Crippen LogP contribution in [0.4, 0.5) is 10.2 Å². The summed E-state index contributed by atoms with van der Waals surface area (Å²) in [5.74, 6) is 0.264. The second kappa shape index (κ2) is 5.47. The van der Waals surface area contributed by atoms with Gasteiger partial charge in [0, 0.05) is 32.4 Å². The fourth-order valence-corrected chi connectivity index (χ4v) is 2.81. The van der Waals surface area contributed by atoms with Crippen LogP contribution in [0.15, 0.2) is 35.3 Å². The van der Waals surface area contributed by atoms with E-state index in [4.69, 9.17) is 0 Å². The monoisotopic (exact) mass is 314 g/mol. The summed E-state index contributed by atoms with van der Waals surface area (Å²) in [4.78, 5) is 25.3. The zero-order chi connectivity index (χ0) is 15.8. The maximum Gasteiger partial charge on any atom is 0.333 e. The summed E-state index contributed by atoms with van der Waals surface area (Å²) in [7, 11) is 0. The number of H-pyrrole nitrogens is 1. The van der Waals surface area contributed by atoms with Gasteiger partial charge in [0.2, 0.25) is 0 Å². The first-order chi connectivity index (χ1) is 11.2. The average Bonchev–Trinajstić information content (AvgIpc) is 2.92. The van der Waals surface area contributed by atoms with Crippen LogP contribution in [0.3, 0.4) is 0 Å². The van der Waals surface area contributed by atoms with Crippen molar-refractivity contribution in [2.45, 2.75) is 0 Å². The van der Waals surface area contributed by atoms with Gasteiger partial charge in [-0.25, -0.2) is 23.7 Å². The van der Waals surface area contributed by atoms with Gasteiger partial charge < -0.3 is 10.2 Å². The third-order valence-electron chi connectivity index (χ3n) is 3.91. The minimum absolute atomic E-state index is 0.272. The average molecular weight is 314 g/mol. The molecule has 118 valence electrons. The first kappa shape index (κ1) is 13.9. The molecule has 0 unspecified atom stereocenters. The summed E-state index contributed by atoms with van der Waals surface area (Å²) in [6, 6.07) is 6.37. The molecule has 2 N–H and O–H groups in total. The van der Waals surface area contributed by atoms with E-state index in [-0.39, 0.29) is 17.3 Å². The molecule has 0 saturated carbocycles. The Balaban J connectivity index is 1.85. The first-order valence-electron chi connectivity index (χ1n) is 7.42. The molecule has 7 nitrogen and oxygen atoms in total. The number of aromatic nitrogens is 4. The van der Waals surface area contributed by atoms with Gasteiger partial charge in [-0.2, -0.15) is 0 Å². The van der Waals surface area contributed by atoms with Crippen LogP contribution in [-0.2, 0) is 0 Å². The van der Waals surface area contributed by atoms with E-state index in [1.165, 1.54) is 16.7 Å². The zero-order valence-corrected chi connectivity index (χ0v) is 12.3. The normalized spacial score (nSPS) is 15.3. The molecule has 3 aromatic rings. The van der Waals surface area contributed by atoms with Gasteiger partial charge in [0.25, 0.3) is 0 Å². The zero-order valence-electron chi connectivity index (χ0n) is 12.3. The van der Waals surface area contributed by atoms with Gasteiger partial charge in [-0.05, 0) is 24.3 Å². The molecule has 1 saturated heterocycles. The van der Waals surface area contributed by atoms with Gasteiger partial charge in [-0.3, -0.25) is 4.98 Å². The molecule has 0 atom stereocenters. The molecule has 8 heteroatoms. The molecule has 4 rings (SSSR count). The number of imidazole rings is 1. The Morgan fingerprint density at radius 1 is 1.17 bits per heavy atom. The molecule has 1 fully saturated rings. The molecular weight excluding hydrogens is 299 g/mol. The van der Waals surface area contributed by atoms with Crippen LogP contribution in [0.2, 0.25) is 0 Å². The van der Waals surface area contributed by atoms with Crippen LogP contribution in [-0.4, -0.2) is 45.7 Å². The highest BCUT2D eigenvalue weighted by atomic mass is 19.1. The van der Waals surface area contributed by atoms with Gasteiger partial charge in [-0.1, -0.05) is 0 Å². The topological polar surface area (TPSA) is 78.8 Å². The summed E-state index contributed by atoms with van der Waals surface area (Å²) in [6.45, 7) is 2.92. The van der Waals surface area contributed by atoms with Crippen LogP contribution < -0.4 is 15.9 Å². The van der Waals surface area contributed by atoms with E-state index in [0.717, 1.165) is 13.1 Å². The first-order valence-corrected chi connectivity index (χ1v) is 7.42. The minimum Gasteiger partial charge on any atom is -0.352 e. The van der Waals surface area contributed by atoms with Crippen molar-refractivity contribution in [3.05, 3.63) is 46.8 Å². The summed E-state index contributed by atoms with van der Waals surface area (Å²) in [5.41, 5.74) is 0.749. The van der Waals surface area contributed by atoms with Crippen molar-refractivity contribution in [3.8, 4) is 5.82 Å². The van der Waals surface area contributed by atoms with E-state index in [0.29, 0.717) is 30.1 Å². The largest absolute Gasteiger partial charge is 0.352 e. The molecule has 0 spiro atoms. The number of hydrogen-bond acceptors (Lipinski definition) is 5. The number of piperazine rings is 1. The number of nitrogens with one attached hydrogen (secondary N) is 2. The van der Waals surface area contributed by atoms with E-state index in [9.17, 15) is 9.18 Å². The third kappa shape index (κ3) is 2.36. The molecule has 23 heavy (non-hydrogen) atoms. The number of rotatable bonds is 2. The molecule has 4 heterocycles. The summed E-state index contributed by atoms with van der Waals surface area (Å²) < 4.78 is 15.6. The summed E-state index contributed by atoms with van der Waals surface area (Å²) >= 11 is 0. The van der Waals surface area contributed by atoms with Gasteiger partial charge in [-0.15, -0.1) is 0 Å². The van der Waals surface area contributed by atoms with Crippen LogP contribution >= 0.6 is 0 Å². The van der Waals surface area contributed by atoms with Gasteiger partial charge >= 0.3 is 5.69 Å². The van der Waals surface area contributed by atoms with Crippen molar-refractivity contribution in [2.75, 3.05) is 31.1 Å².